The van der Waals surface area contributed by atoms with Gasteiger partial charge in [0, 0.05) is 6.07 Å². The molecule has 10 nitrogen and oxygen atoms in total. The number of aromatic nitrogens is 3. The molecular weight excluding hydrogens is 474 g/mol. The number of carbonyl (C=O) groups excluding carboxylic acids is 2. The molecule has 0 radical (unpaired) electrons. The van der Waals surface area contributed by atoms with Gasteiger partial charge in [-0.1, -0.05) is 0 Å². The minimum atomic E-state index is -4.74. The van der Waals surface area contributed by atoms with Gasteiger partial charge >= 0.3 is 12.3 Å². The Morgan fingerprint density at radius 3 is 2.54 bits per heavy atom. The topological polar surface area (TPSA) is 147 Å². The zero-order valence-electron chi connectivity index (χ0n) is 17.9. The second-order valence-corrected chi connectivity index (χ2v) is 7.79. The fourth-order valence-corrected chi connectivity index (χ4v) is 3.18. The molecule has 3 aromatic rings. The maximum atomic E-state index is 13.3. The molecule has 2 amide bonds. The molecule has 0 bridgehead atoms. The van der Waals surface area contributed by atoms with Gasteiger partial charge < -0.3 is 26.4 Å². The summed E-state index contributed by atoms with van der Waals surface area (Å²) in [5, 5.41) is 13.8. The van der Waals surface area contributed by atoms with Crippen LogP contribution in [0.1, 0.15) is 24.1 Å². The van der Waals surface area contributed by atoms with Gasteiger partial charge in [0.25, 0.3) is 0 Å². The Balaban J connectivity index is 1.32. The molecule has 0 spiro atoms. The number of H-pyrrole nitrogens is 1. The molecule has 0 unspecified atom stereocenters. The van der Waals surface area contributed by atoms with E-state index in [-0.39, 0.29) is 29.6 Å². The van der Waals surface area contributed by atoms with E-state index in [1.54, 1.807) is 0 Å². The number of anilines is 3. The molecule has 14 heteroatoms. The summed E-state index contributed by atoms with van der Waals surface area (Å²) in [4.78, 5) is 28.7. The second kappa shape index (κ2) is 9.12. The Morgan fingerprint density at radius 2 is 1.94 bits per heavy atom. The Labute approximate surface area is 195 Å². The molecule has 1 fully saturated rings. The van der Waals surface area contributed by atoms with Crippen LogP contribution in [0.3, 0.4) is 0 Å². The minimum Gasteiger partial charge on any atom is -0.392 e. The van der Waals surface area contributed by atoms with Crippen LogP contribution < -0.4 is 26.4 Å². The van der Waals surface area contributed by atoms with Gasteiger partial charge in [-0.3, -0.25) is 9.78 Å². The smallest absolute Gasteiger partial charge is 0.392 e. The summed E-state index contributed by atoms with van der Waals surface area (Å²) in [5.74, 6) is -1.28. The lowest BCUT2D eigenvalue weighted by Crippen LogP contribution is -2.49. The first-order chi connectivity index (χ1) is 16.5. The van der Waals surface area contributed by atoms with Gasteiger partial charge in [-0.15, -0.1) is 0 Å². The van der Waals surface area contributed by atoms with Crippen molar-refractivity contribution in [3.63, 3.8) is 0 Å². The molecule has 1 saturated carbocycles. The van der Waals surface area contributed by atoms with Crippen molar-refractivity contribution >= 4 is 29.2 Å². The highest BCUT2D eigenvalue weighted by atomic mass is 19.4. The normalized spacial score (nSPS) is 14.2. The zero-order chi connectivity index (χ0) is 25.2. The monoisotopic (exact) mass is 493 g/mol. The van der Waals surface area contributed by atoms with Crippen LogP contribution in [0.5, 0.6) is 5.88 Å². The van der Waals surface area contributed by atoms with E-state index < -0.39 is 35.1 Å². The molecule has 35 heavy (non-hydrogen) atoms. The van der Waals surface area contributed by atoms with Gasteiger partial charge in [0.15, 0.2) is 0 Å². The largest absolute Gasteiger partial charge is 0.418 e. The molecule has 184 valence electrons. The van der Waals surface area contributed by atoms with Crippen molar-refractivity contribution < 1.29 is 31.9 Å². The number of nitrogen functional groups attached to an aromatic ring is 1. The van der Waals surface area contributed by atoms with E-state index >= 15 is 0 Å². The Hall–Kier alpha value is -4.36. The number of nitrogens with zero attached hydrogens (tertiary/aromatic N) is 2. The molecule has 1 aliphatic carbocycles. The van der Waals surface area contributed by atoms with Crippen LogP contribution >= 0.6 is 0 Å². The lowest BCUT2D eigenvalue weighted by molar-refractivity contribution is -0.137. The number of ether oxygens (including phenoxy) is 1. The number of pyridine rings is 1. The summed E-state index contributed by atoms with van der Waals surface area (Å²) in [6.07, 6.45) is -3.49. The molecular formula is C21H19F4N7O3. The van der Waals surface area contributed by atoms with E-state index in [2.05, 4.69) is 31.1 Å². The minimum absolute atomic E-state index is 0.0129. The standard InChI is InChI=1S/C21H19F4N7O3/c22-11-1-4-15(14(7-11)21(23,24)25)29-13-3-2-12(27-10-13)9-28-18(33)20(5-6-20)30-19(34)35-17-8-16(26)31-32-17/h1-4,7-8,10,29H,5-6,9H2,(H,28,33)(H,30,34)(H3,26,31,32). The predicted octanol–water partition coefficient (Wildman–Crippen LogP) is 3.23. The molecule has 1 aromatic carbocycles. The average Bonchev–Trinajstić information content (AvgIpc) is 3.46. The Kier molecular flexibility index (Phi) is 6.20. The summed E-state index contributed by atoms with van der Waals surface area (Å²) in [6.45, 7) is 0.0129. The summed E-state index contributed by atoms with van der Waals surface area (Å²) in [7, 11) is 0. The van der Waals surface area contributed by atoms with Gasteiger partial charge in [0.1, 0.15) is 17.2 Å². The third-order valence-electron chi connectivity index (χ3n) is 5.12. The van der Waals surface area contributed by atoms with Crippen LogP contribution in [0.25, 0.3) is 0 Å². The fourth-order valence-electron chi connectivity index (χ4n) is 3.18. The van der Waals surface area contributed by atoms with E-state index in [0.29, 0.717) is 24.6 Å². The number of nitrogens with one attached hydrogen (secondary N) is 4. The van der Waals surface area contributed by atoms with Crippen LogP contribution in [0.4, 0.5) is 39.5 Å². The maximum absolute atomic E-state index is 13.3. The number of amides is 2. The molecule has 6 N–H and O–H groups in total. The number of halogens is 4. The molecule has 2 aromatic heterocycles. The quantitative estimate of drug-likeness (QED) is 0.318. The molecule has 1 aliphatic rings. The number of benzene rings is 1. The fraction of sp³-hybridized carbons (Fsp3) is 0.238. The van der Waals surface area contributed by atoms with E-state index in [1.165, 1.54) is 24.4 Å². The molecule has 0 atom stereocenters. The lowest BCUT2D eigenvalue weighted by atomic mass is 10.1. The van der Waals surface area contributed by atoms with Crippen molar-refractivity contribution in [1.29, 1.82) is 0 Å². The summed E-state index contributed by atoms with van der Waals surface area (Å²) < 4.78 is 57.7. The van der Waals surface area contributed by atoms with Crippen molar-refractivity contribution in [2.24, 2.45) is 0 Å². The highest BCUT2D eigenvalue weighted by Gasteiger charge is 2.51. The first kappa shape index (κ1) is 23.8. The van der Waals surface area contributed by atoms with Crippen LogP contribution in [0.15, 0.2) is 42.6 Å². The average molecular weight is 493 g/mol. The van der Waals surface area contributed by atoms with Crippen LogP contribution in [-0.2, 0) is 17.5 Å². The number of aromatic amines is 1. The van der Waals surface area contributed by atoms with E-state index in [9.17, 15) is 27.2 Å². The zero-order valence-corrected chi connectivity index (χ0v) is 17.9. The highest BCUT2D eigenvalue weighted by molar-refractivity contribution is 5.93. The van der Waals surface area contributed by atoms with Crippen molar-refractivity contribution in [2.45, 2.75) is 31.1 Å². The first-order valence-electron chi connectivity index (χ1n) is 10.2. The Bertz CT molecular complexity index is 1240. The van der Waals surface area contributed by atoms with Gasteiger partial charge in [-0.2, -0.15) is 18.3 Å². The maximum Gasteiger partial charge on any atom is 0.418 e. The van der Waals surface area contributed by atoms with Gasteiger partial charge in [-0.25, -0.2) is 14.3 Å². The summed E-state index contributed by atoms with van der Waals surface area (Å²) >= 11 is 0. The lowest BCUT2D eigenvalue weighted by Gasteiger charge is -2.17. The molecule has 2 heterocycles. The van der Waals surface area contributed by atoms with Gasteiger partial charge in [-0.05, 0) is 43.2 Å². The Morgan fingerprint density at radius 1 is 1.17 bits per heavy atom. The number of hydrogen-bond acceptors (Lipinski definition) is 7. The molecule has 0 saturated heterocycles. The number of carbonyl (C=O) groups is 2. The molecule has 4 rings (SSSR count). The van der Waals surface area contributed by atoms with Crippen molar-refractivity contribution in [1.82, 2.24) is 25.8 Å². The van der Waals surface area contributed by atoms with Crippen LogP contribution in [0.2, 0.25) is 0 Å². The second-order valence-electron chi connectivity index (χ2n) is 7.79. The number of hydrogen-bond donors (Lipinski definition) is 5. The number of rotatable bonds is 7. The summed E-state index contributed by atoms with van der Waals surface area (Å²) in [5.41, 5.74) is 3.50. The third kappa shape index (κ3) is 5.77. The van der Waals surface area contributed by atoms with Gasteiger partial charge in [0.2, 0.25) is 11.8 Å². The van der Waals surface area contributed by atoms with E-state index in [4.69, 9.17) is 10.5 Å². The van der Waals surface area contributed by atoms with Gasteiger partial charge in [0.05, 0.1) is 35.4 Å². The third-order valence-corrected chi connectivity index (χ3v) is 5.12. The SMILES string of the molecule is Nc1cc(OC(=O)NC2(C(=O)NCc3ccc(Nc4ccc(F)cc4C(F)(F)F)cn3)CC2)[nH]n1. The van der Waals surface area contributed by atoms with Crippen LogP contribution in [-0.4, -0.2) is 32.7 Å². The van der Waals surface area contributed by atoms with Crippen molar-refractivity contribution in [3.8, 4) is 5.88 Å². The number of alkyl halides is 3. The predicted molar refractivity (Wildman–Crippen MR) is 115 cm³/mol. The van der Waals surface area contributed by atoms with E-state index in [1.807, 2.05) is 0 Å². The highest BCUT2D eigenvalue weighted by Crippen LogP contribution is 2.37. The van der Waals surface area contributed by atoms with Crippen molar-refractivity contribution in [3.05, 3.63) is 59.7 Å². The summed E-state index contributed by atoms with van der Waals surface area (Å²) in [6, 6.07) is 6.59. The van der Waals surface area contributed by atoms with Crippen molar-refractivity contribution in [2.75, 3.05) is 11.1 Å². The number of nitrogens with two attached hydrogens (primary N) is 1. The van der Waals surface area contributed by atoms with Crippen LogP contribution in [0, 0.1) is 5.82 Å². The van der Waals surface area contributed by atoms with E-state index in [0.717, 1.165) is 12.1 Å². The first-order valence-corrected chi connectivity index (χ1v) is 10.2. The molecule has 0 aliphatic heterocycles.